The summed E-state index contributed by atoms with van der Waals surface area (Å²) in [7, 11) is 4.94. The van der Waals surface area contributed by atoms with E-state index >= 15 is 0 Å². The summed E-state index contributed by atoms with van der Waals surface area (Å²) < 4.78 is 0. The van der Waals surface area contributed by atoms with E-state index in [1.807, 2.05) is 0 Å². The summed E-state index contributed by atoms with van der Waals surface area (Å²) in [6, 6.07) is 0. The first-order valence-electron chi connectivity index (χ1n) is 40.8. The van der Waals surface area contributed by atoms with Gasteiger partial charge in [0, 0.05) is 230 Å². The van der Waals surface area contributed by atoms with Crippen molar-refractivity contribution in [3.63, 3.8) is 0 Å². The van der Waals surface area contributed by atoms with Crippen LogP contribution in [0, 0.1) is 5.41 Å². The Morgan fingerprint density at radius 3 is 0.574 bits per heavy atom. The molecule has 736 valence electrons. The van der Waals surface area contributed by atoms with Gasteiger partial charge in [-0.1, -0.05) is 0 Å². The second-order valence-electron chi connectivity index (χ2n) is 29.9. The molecule has 0 rings (SSSR count). The Morgan fingerprint density at radius 2 is 0.388 bits per heavy atom. The van der Waals surface area contributed by atoms with Crippen LogP contribution in [0.25, 0.3) is 0 Å². The lowest BCUT2D eigenvalue weighted by Crippen LogP contribution is -2.59. The predicted octanol–water partition coefficient (Wildman–Crippen LogP) is -18.3. The summed E-state index contributed by atoms with van der Waals surface area (Å²) in [5, 5.41) is 148. The SMILES string of the molecule is CN(CC(=O)NCC(CNC(=O)CN(C)C(=O)CNCCN(CCN(CCNCC(=O)O)CC(=O)O)CC(=O)O)(CNC(=O)CN(C)C(=O)CN(CCNCC(=O)O)CCN(CCNCC(=O)[O-])CC(=O)[O-])CNC(=O)CN(C)C(=O)CN(CCNCC(=O)O)CCN(CCNCC(=O)O)CC(=O)O)C(=O)CNCCN(CCN(CCNCC(=O)O)CC(=O)O)CC(=O)O. The highest BCUT2D eigenvalue weighted by Gasteiger charge is 2.35. The Kier molecular flexibility index (Phi) is 62.8. The van der Waals surface area contributed by atoms with E-state index in [0.29, 0.717) is 0 Å². The number of carboxylic acid groups (broad SMARTS) is 12. The number of rotatable bonds is 84. The molecule has 0 aliphatic rings. The van der Waals surface area contributed by atoms with Crippen LogP contribution in [0.1, 0.15) is 0 Å². The van der Waals surface area contributed by atoms with E-state index in [4.69, 9.17) is 15.3 Å². The number of likely N-dealkylation sites (N-methyl/N-ethyl adjacent to an activating group) is 4. The van der Waals surface area contributed by atoms with E-state index in [1.165, 1.54) is 67.4 Å². The van der Waals surface area contributed by atoms with Gasteiger partial charge in [0.2, 0.25) is 47.3 Å². The number of nitrogens with one attached hydrogen (secondary N) is 12. The summed E-state index contributed by atoms with van der Waals surface area (Å²) in [4.78, 5) is 265. The summed E-state index contributed by atoms with van der Waals surface area (Å²) >= 11 is 0. The topological polar surface area (TPSA) is 773 Å². The van der Waals surface area contributed by atoms with E-state index in [1.54, 1.807) is 0 Å². The van der Waals surface area contributed by atoms with Crippen LogP contribution in [0.3, 0.4) is 0 Å². The van der Waals surface area contributed by atoms with Gasteiger partial charge in [-0.2, -0.15) is 0 Å². The van der Waals surface area contributed by atoms with Gasteiger partial charge in [-0.05, 0) is 0 Å². The Hall–Kier alpha value is -11.2. The van der Waals surface area contributed by atoms with Crippen LogP contribution in [0.5, 0.6) is 0 Å². The van der Waals surface area contributed by atoms with Crippen molar-refractivity contribution >= 4 is 119 Å². The van der Waals surface area contributed by atoms with Crippen molar-refractivity contribution in [1.82, 2.24) is 123 Å². The third-order valence-corrected chi connectivity index (χ3v) is 18.7. The molecule has 0 aromatic heterocycles. The molecule has 0 aromatic rings. The predicted molar refractivity (Wildman–Crippen MR) is 446 cm³/mol. The van der Waals surface area contributed by atoms with E-state index in [2.05, 4.69) is 63.8 Å². The first-order valence-corrected chi connectivity index (χ1v) is 40.8. The van der Waals surface area contributed by atoms with E-state index in [0.717, 1.165) is 19.6 Å². The summed E-state index contributed by atoms with van der Waals surface area (Å²) in [5.74, 6) is -21.4. The fourth-order valence-electron chi connectivity index (χ4n) is 11.7. The minimum Gasteiger partial charge on any atom is -0.549 e. The average molecular weight is 1860 g/mol. The Bertz CT molecular complexity index is 3340. The van der Waals surface area contributed by atoms with Crippen LogP contribution in [-0.2, 0) is 95.9 Å². The van der Waals surface area contributed by atoms with Gasteiger partial charge in [-0.3, -0.25) is 126 Å². The number of amides is 8. The van der Waals surface area contributed by atoms with Crippen LogP contribution in [0.4, 0.5) is 0 Å². The number of aliphatic carboxylic acids is 12. The Morgan fingerprint density at radius 1 is 0.209 bits per heavy atom. The van der Waals surface area contributed by atoms with Gasteiger partial charge in [0.05, 0.1) is 130 Å². The number of carbonyl (C=O) groups is 20. The molecule has 0 aliphatic heterocycles. The molecule has 22 N–H and O–H groups in total. The summed E-state index contributed by atoms with van der Waals surface area (Å²) in [6.07, 6.45) is 0. The highest BCUT2D eigenvalue weighted by atomic mass is 16.4. The molecule has 0 aromatic carbocycles. The molecule has 56 heteroatoms. The number of hydrogen-bond donors (Lipinski definition) is 22. The molecule has 0 spiro atoms. The van der Waals surface area contributed by atoms with E-state index in [9.17, 15) is 142 Å². The highest BCUT2D eigenvalue weighted by Crippen LogP contribution is 2.15. The standard InChI is InChI=1S/C73H132N24O32/c1-86(57(102)29-74-5-15-92(43-67(118)119)25-27-96(47-71(126)127)19-11-80-35-65(114)115)37-53(98)82-49-73(50-83-54(99)38-87(2)58(103)30-75-6-16-93(44-68(120)121)26-28-97(48-72(128)129)20-12-81-36-66(116)117,51-84-55(100)39-88(3)59(104)41-90(13-7-76-31-61(106)107)21-23-94(45-69(122)123)17-9-78-33-63(110)111)52-85-56(101)40-89(4)60(105)42-91(14-8-77-32-62(108)109)22-24-95(46-70(124)125)18-10-79-34-64(112)113/h74-81H,5-52H2,1-4H3,(H,82,98)(H,83,99)(H,84,100)(H,85,101)(H,106,107)(H,108,109)(H,110,111)(H,112,113)(H,114,115)(H,116,117)(H,118,119)(H,120,121)(H,122,123)(H,124,125)(H,126,127)(H,128,129)/p-2. The lowest BCUT2D eigenvalue weighted by molar-refractivity contribution is -0.307. The lowest BCUT2D eigenvalue weighted by atomic mass is 9.86. The molecule has 0 saturated heterocycles. The van der Waals surface area contributed by atoms with Crippen LogP contribution in [-0.4, -0.2) is 571 Å². The van der Waals surface area contributed by atoms with Crippen molar-refractivity contribution in [3.05, 3.63) is 0 Å². The number of hydrogen-bond acceptors (Lipinski definition) is 38. The van der Waals surface area contributed by atoms with Gasteiger partial charge in [-0.25, -0.2) is 0 Å². The van der Waals surface area contributed by atoms with Crippen LogP contribution >= 0.6 is 0 Å². The molecule has 8 amide bonds. The van der Waals surface area contributed by atoms with Crippen molar-refractivity contribution in [2.45, 2.75) is 0 Å². The minimum atomic E-state index is -1.83. The molecule has 0 aliphatic carbocycles. The lowest BCUT2D eigenvalue weighted by Gasteiger charge is -2.35. The second-order valence-corrected chi connectivity index (χ2v) is 29.9. The monoisotopic (exact) mass is 1850 g/mol. The zero-order valence-corrected chi connectivity index (χ0v) is 73.3. The third kappa shape index (κ3) is 65.9. The number of nitrogens with zero attached hydrogens (tertiary/aromatic N) is 12. The normalized spacial score (nSPS) is 11.4. The first kappa shape index (κ1) is 118. The summed E-state index contributed by atoms with van der Waals surface area (Å²) in [6.45, 7) is -12.8. The molecule has 56 nitrogen and oxygen atoms in total. The first-order chi connectivity index (χ1) is 60.8. The van der Waals surface area contributed by atoms with Gasteiger partial charge in [0.1, 0.15) is 0 Å². The number of carbonyl (C=O) groups excluding carboxylic acids is 10. The molecule has 0 radical (unpaired) electrons. The van der Waals surface area contributed by atoms with Gasteiger partial charge < -0.3 is 154 Å². The molecule has 0 saturated carbocycles. The fourth-order valence-corrected chi connectivity index (χ4v) is 11.7. The molecule has 0 bridgehead atoms. The van der Waals surface area contributed by atoms with Crippen molar-refractivity contribution < 1.29 is 157 Å². The minimum absolute atomic E-state index is 0.000309. The van der Waals surface area contributed by atoms with Crippen LogP contribution in [0.15, 0.2) is 0 Å². The number of carboxylic acids is 12. The maximum atomic E-state index is 14.3. The quantitative estimate of drug-likeness (QED) is 0.0251. The van der Waals surface area contributed by atoms with Crippen molar-refractivity contribution in [2.24, 2.45) is 5.41 Å². The highest BCUT2D eigenvalue weighted by molar-refractivity contribution is 5.88. The second kappa shape index (κ2) is 68.8. The molecule has 0 atom stereocenters. The zero-order chi connectivity index (χ0) is 97.4. The van der Waals surface area contributed by atoms with Gasteiger partial charge >= 0.3 is 59.7 Å². The van der Waals surface area contributed by atoms with Gasteiger partial charge in [0.25, 0.3) is 0 Å². The maximum absolute atomic E-state index is 14.3. The van der Waals surface area contributed by atoms with Crippen molar-refractivity contribution in [1.29, 1.82) is 0 Å². The molecule has 129 heavy (non-hydrogen) atoms. The third-order valence-electron chi connectivity index (χ3n) is 18.7. The van der Waals surface area contributed by atoms with Crippen molar-refractivity contribution in [3.8, 4) is 0 Å². The fraction of sp³-hybridized carbons (Fsp3) is 0.726. The Balaban J connectivity index is 7.72. The zero-order valence-electron chi connectivity index (χ0n) is 73.3. The van der Waals surface area contributed by atoms with E-state index in [-0.39, 0.29) is 157 Å². The molecule has 0 heterocycles. The van der Waals surface area contributed by atoms with Crippen molar-refractivity contribution in [2.75, 3.05) is 342 Å². The van der Waals surface area contributed by atoms with E-state index < -0.39 is 281 Å². The van der Waals surface area contributed by atoms with Gasteiger partial charge in [-0.15, -0.1) is 0 Å². The largest absolute Gasteiger partial charge is 0.549 e. The van der Waals surface area contributed by atoms with Crippen LogP contribution < -0.4 is 74.0 Å². The molecular weight excluding hydrogens is 1720 g/mol. The van der Waals surface area contributed by atoms with Crippen LogP contribution in [0.2, 0.25) is 0 Å². The Labute approximate surface area is 743 Å². The average Bonchev–Trinajstić information content (AvgIpc) is 0.843. The van der Waals surface area contributed by atoms with Gasteiger partial charge in [0.15, 0.2) is 0 Å². The maximum Gasteiger partial charge on any atom is 0.317 e. The smallest absolute Gasteiger partial charge is 0.317 e. The molecule has 0 fully saturated rings. The molecule has 0 unspecified atom stereocenters. The molecular formula is C73H130N24O32-2. The summed E-state index contributed by atoms with van der Waals surface area (Å²) in [5.41, 5.74) is -1.83.